The number of fused-ring (bicyclic) bond motifs is 1. The molecule has 0 atom stereocenters. The van der Waals surface area contributed by atoms with Gasteiger partial charge in [0.2, 0.25) is 0 Å². The van der Waals surface area contributed by atoms with Crippen molar-refractivity contribution in [2.45, 2.75) is 45.5 Å². The first kappa shape index (κ1) is 27.4. The Morgan fingerprint density at radius 1 is 0.944 bits per heavy atom. The highest BCUT2D eigenvalue weighted by Gasteiger charge is 2.63. The maximum absolute atomic E-state index is 14.9. The molecule has 0 aromatic heterocycles. The third-order valence-corrected chi connectivity index (χ3v) is 5.85. The second kappa shape index (κ2) is 10.8. The van der Waals surface area contributed by atoms with Crippen molar-refractivity contribution in [3.05, 3.63) is 82.7 Å². The summed E-state index contributed by atoms with van der Waals surface area (Å²) in [7, 11) is 0. The van der Waals surface area contributed by atoms with Crippen LogP contribution >= 0.6 is 0 Å². The molecule has 0 saturated heterocycles. The summed E-state index contributed by atoms with van der Waals surface area (Å²) in [5.74, 6) is -12.6. The summed E-state index contributed by atoms with van der Waals surface area (Å²) >= 11 is 0. The molecule has 2 nitrogen and oxygen atoms in total. The van der Waals surface area contributed by atoms with Crippen molar-refractivity contribution in [3.63, 3.8) is 0 Å². The van der Waals surface area contributed by atoms with Gasteiger partial charge in [0.25, 0.3) is 0 Å². The summed E-state index contributed by atoms with van der Waals surface area (Å²) in [5, 5.41) is 0. The summed E-state index contributed by atoms with van der Waals surface area (Å²) < 4.78 is 112. The summed E-state index contributed by atoms with van der Waals surface area (Å²) in [5.41, 5.74) is -3.59. The highest BCUT2D eigenvalue weighted by molar-refractivity contribution is 5.86. The fourth-order valence-corrected chi connectivity index (χ4v) is 3.83. The van der Waals surface area contributed by atoms with E-state index in [0.717, 1.165) is 43.7 Å². The zero-order valence-electron chi connectivity index (χ0n) is 19.9. The molecular formula is C27H25F7O2. The number of hydrogen-bond donors (Lipinski definition) is 0. The molecule has 194 valence electrons. The molecule has 0 fully saturated rings. The first-order valence-corrected chi connectivity index (χ1v) is 11.3. The van der Waals surface area contributed by atoms with Gasteiger partial charge in [-0.25, -0.2) is 13.2 Å². The average molecular weight is 514 g/mol. The molecule has 0 amide bonds. The van der Waals surface area contributed by atoms with Gasteiger partial charge in [-0.3, -0.25) is 0 Å². The molecule has 0 heterocycles. The SMILES string of the molecule is CCCCOc1ccc(C(/C=C\C2=C(C)C(F)(F)C(F)(F)c3c2ccc(OCC)c3F)=C\F)cc1F. The van der Waals surface area contributed by atoms with Gasteiger partial charge in [0.15, 0.2) is 23.1 Å². The number of alkyl halides is 4. The van der Waals surface area contributed by atoms with Crippen LogP contribution in [0.1, 0.15) is 50.3 Å². The van der Waals surface area contributed by atoms with Crippen LogP contribution in [0, 0.1) is 11.6 Å². The average Bonchev–Trinajstić information content (AvgIpc) is 2.83. The van der Waals surface area contributed by atoms with E-state index in [-0.39, 0.29) is 29.8 Å². The van der Waals surface area contributed by atoms with Crippen LogP contribution in [-0.4, -0.2) is 19.1 Å². The predicted octanol–water partition coefficient (Wildman–Crippen LogP) is 8.62. The van der Waals surface area contributed by atoms with Gasteiger partial charge in [-0.1, -0.05) is 31.6 Å². The van der Waals surface area contributed by atoms with Crippen molar-refractivity contribution in [2.24, 2.45) is 0 Å². The van der Waals surface area contributed by atoms with Crippen molar-refractivity contribution < 1.29 is 40.2 Å². The molecule has 1 aliphatic rings. The van der Waals surface area contributed by atoms with E-state index in [2.05, 4.69) is 0 Å². The van der Waals surface area contributed by atoms with Crippen LogP contribution in [0.25, 0.3) is 11.1 Å². The predicted molar refractivity (Wildman–Crippen MR) is 124 cm³/mol. The molecule has 36 heavy (non-hydrogen) atoms. The van der Waals surface area contributed by atoms with Crippen molar-refractivity contribution in [3.8, 4) is 11.5 Å². The maximum atomic E-state index is 14.9. The monoisotopic (exact) mass is 514 g/mol. The Kier molecular flexibility index (Phi) is 8.21. The van der Waals surface area contributed by atoms with E-state index in [9.17, 15) is 30.7 Å². The van der Waals surface area contributed by atoms with E-state index in [1.807, 2.05) is 6.92 Å². The molecular weight excluding hydrogens is 489 g/mol. The minimum absolute atomic E-state index is 0.0309. The highest BCUT2D eigenvalue weighted by Crippen LogP contribution is 2.56. The van der Waals surface area contributed by atoms with Crippen LogP contribution in [-0.2, 0) is 5.92 Å². The second-order valence-electron chi connectivity index (χ2n) is 8.17. The first-order valence-electron chi connectivity index (χ1n) is 11.3. The topological polar surface area (TPSA) is 18.5 Å². The Labute approximate surface area is 204 Å². The zero-order chi connectivity index (χ0) is 26.7. The van der Waals surface area contributed by atoms with Crippen LogP contribution in [0.2, 0.25) is 0 Å². The van der Waals surface area contributed by atoms with E-state index in [0.29, 0.717) is 13.0 Å². The molecule has 0 bridgehead atoms. The molecule has 3 rings (SSSR count). The van der Waals surface area contributed by atoms with Crippen molar-refractivity contribution in [2.75, 3.05) is 13.2 Å². The fraction of sp³-hybridized carbons (Fsp3) is 0.333. The Bertz CT molecular complexity index is 1210. The lowest BCUT2D eigenvalue weighted by Gasteiger charge is -2.35. The summed E-state index contributed by atoms with van der Waals surface area (Å²) in [4.78, 5) is 0. The van der Waals surface area contributed by atoms with Gasteiger partial charge in [-0.2, -0.15) is 17.6 Å². The lowest BCUT2D eigenvalue weighted by atomic mass is 9.80. The Hall–Kier alpha value is -3.23. The number of rotatable bonds is 9. The smallest absolute Gasteiger partial charge is 0.342 e. The zero-order valence-corrected chi connectivity index (χ0v) is 19.9. The lowest BCUT2D eigenvalue weighted by Crippen LogP contribution is -2.43. The van der Waals surface area contributed by atoms with Gasteiger partial charge in [-0.05, 0) is 61.2 Å². The molecule has 1 aliphatic carbocycles. The molecule has 0 saturated carbocycles. The van der Waals surface area contributed by atoms with Gasteiger partial charge in [-0.15, -0.1) is 0 Å². The number of unbranched alkanes of at least 4 members (excludes halogenated alkanes) is 1. The molecule has 0 radical (unpaired) electrons. The van der Waals surface area contributed by atoms with Crippen molar-refractivity contribution in [1.29, 1.82) is 0 Å². The third kappa shape index (κ3) is 4.88. The third-order valence-electron chi connectivity index (χ3n) is 5.85. The van der Waals surface area contributed by atoms with E-state index in [1.54, 1.807) is 0 Å². The van der Waals surface area contributed by atoms with Crippen LogP contribution in [0.4, 0.5) is 30.7 Å². The van der Waals surface area contributed by atoms with Gasteiger partial charge in [0.1, 0.15) is 0 Å². The maximum Gasteiger partial charge on any atom is 0.342 e. The molecule has 0 spiro atoms. The standard InChI is InChI=1S/C27H25F7O2/c1-4-6-13-36-22-11-8-17(14-21(22)29)18(15-28)7-9-19-16(3)26(31,32)27(33,34)24-20(19)10-12-23(25(24)30)35-5-2/h7-12,14-15H,4-6,13H2,1-3H3/b9-7-,18-15-. The number of benzene rings is 2. The number of halogens is 7. The van der Waals surface area contributed by atoms with Crippen LogP contribution < -0.4 is 9.47 Å². The number of allylic oxidation sites excluding steroid dienone is 5. The van der Waals surface area contributed by atoms with E-state index in [1.165, 1.54) is 19.1 Å². The quantitative estimate of drug-likeness (QED) is 0.189. The van der Waals surface area contributed by atoms with E-state index >= 15 is 0 Å². The van der Waals surface area contributed by atoms with Crippen molar-refractivity contribution in [1.82, 2.24) is 0 Å². The number of hydrogen-bond acceptors (Lipinski definition) is 2. The summed E-state index contributed by atoms with van der Waals surface area (Å²) in [6.07, 6.45) is 3.69. The van der Waals surface area contributed by atoms with Gasteiger partial charge in [0, 0.05) is 11.1 Å². The molecule has 0 N–H and O–H groups in total. The Morgan fingerprint density at radius 3 is 2.25 bits per heavy atom. The largest absolute Gasteiger partial charge is 0.491 e. The Morgan fingerprint density at radius 2 is 1.64 bits per heavy atom. The minimum atomic E-state index is -4.85. The molecule has 2 aromatic rings. The second-order valence-corrected chi connectivity index (χ2v) is 8.17. The fourth-order valence-electron chi connectivity index (χ4n) is 3.83. The molecule has 0 aliphatic heterocycles. The lowest BCUT2D eigenvalue weighted by molar-refractivity contribution is -0.196. The van der Waals surface area contributed by atoms with Crippen LogP contribution in [0.15, 0.2) is 54.4 Å². The normalized spacial score (nSPS) is 16.9. The van der Waals surface area contributed by atoms with Crippen LogP contribution in [0.5, 0.6) is 11.5 Å². The molecule has 9 heteroatoms. The Balaban J connectivity index is 2.04. The first-order chi connectivity index (χ1) is 17.0. The van der Waals surface area contributed by atoms with Crippen molar-refractivity contribution >= 4 is 11.1 Å². The van der Waals surface area contributed by atoms with Crippen LogP contribution in [0.3, 0.4) is 0 Å². The van der Waals surface area contributed by atoms with Gasteiger partial charge in [0.05, 0.1) is 25.1 Å². The molecule has 0 unspecified atom stereocenters. The van der Waals surface area contributed by atoms with Gasteiger partial charge < -0.3 is 9.47 Å². The van der Waals surface area contributed by atoms with Gasteiger partial charge >= 0.3 is 11.8 Å². The van der Waals surface area contributed by atoms with E-state index in [4.69, 9.17) is 9.47 Å². The van der Waals surface area contributed by atoms with E-state index < -0.39 is 51.5 Å². The highest BCUT2D eigenvalue weighted by atomic mass is 19.3. The summed E-state index contributed by atoms with van der Waals surface area (Å²) in [6.45, 7) is 4.46. The minimum Gasteiger partial charge on any atom is -0.491 e. The molecule has 2 aromatic carbocycles. The summed E-state index contributed by atoms with van der Waals surface area (Å²) in [6, 6.07) is 5.79. The number of ether oxygens (including phenoxy) is 2.